The molecule has 42 heavy (non-hydrogen) atoms. The van der Waals surface area contributed by atoms with E-state index in [0.29, 0.717) is 58.1 Å². The number of cyclic esters (lactones) is 1. The molecule has 5 N–H and O–H groups in total. The molecule has 0 spiro atoms. The van der Waals surface area contributed by atoms with Crippen molar-refractivity contribution in [3.63, 3.8) is 0 Å². The van der Waals surface area contributed by atoms with E-state index in [1.807, 2.05) is 6.21 Å². The lowest BCUT2D eigenvalue weighted by Gasteiger charge is -2.66. The second-order valence-electron chi connectivity index (χ2n) is 14.3. The first kappa shape index (κ1) is 30.6. The van der Waals surface area contributed by atoms with Gasteiger partial charge in [0.05, 0.1) is 29.5 Å². The van der Waals surface area contributed by atoms with Crippen molar-refractivity contribution in [3.8, 4) is 0 Å². The highest BCUT2D eigenvalue weighted by molar-refractivity contribution is 5.85. The van der Waals surface area contributed by atoms with Gasteiger partial charge in [-0.2, -0.15) is 0 Å². The zero-order valence-corrected chi connectivity index (χ0v) is 25.0. The van der Waals surface area contributed by atoms with Gasteiger partial charge in [-0.05, 0) is 88.0 Å². The lowest BCUT2D eigenvalue weighted by atomic mass is 9.41. The van der Waals surface area contributed by atoms with Crippen LogP contribution in [0.1, 0.15) is 84.5 Å². The molecular formula is C32H49NO9. The van der Waals surface area contributed by atoms with Crippen LogP contribution in [0.3, 0.4) is 0 Å². The average Bonchev–Trinajstić information content (AvgIpc) is 3.49. The number of hydrogen-bond donors (Lipinski definition) is 5. The molecule has 4 saturated carbocycles. The molecule has 236 valence electrons. The maximum Gasteiger partial charge on any atom is 0.331 e. The molecule has 1 saturated heterocycles. The number of aliphatic hydroxyl groups is 5. The van der Waals surface area contributed by atoms with E-state index < -0.39 is 41.2 Å². The van der Waals surface area contributed by atoms with Crippen LogP contribution in [0.15, 0.2) is 16.6 Å². The molecule has 0 aromatic rings. The van der Waals surface area contributed by atoms with Crippen LogP contribution < -0.4 is 0 Å². The minimum atomic E-state index is -1.09. The lowest BCUT2D eigenvalue weighted by Crippen LogP contribution is -2.69. The smallest absolute Gasteiger partial charge is 0.331 e. The third-order valence-electron chi connectivity index (χ3n) is 12.4. The predicted octanol–water partition coefficient (Wildman–Crippen LogP) is 2.03. The van der Waals surface area contributed by atoms with E-state index in [0.717, 1.165) is 24.8 Å². The van der Waals surface area contributed by atoms with Crippen LogP contribution in [0, 0.1) is 28.6 Å². The van der Waals surface area contributed by atoms with Crippen LogP contribution in [0.5, 0.6) is 0 Å². The third kappa shape index (κ3) is 4.71. The predicted molar refractivity (Wildman–Crippen MR) is 152 cm³/mol. The fourth-order valence-electron chi connectivity index (χ4n) is 10.2. The number of hydrogen-bond acceptors (Lipinski definition) is 10. The van der Waals surface area contributed by atoms with Gasteiger partial charge in [0.2, 0.25) is 0 Å². The van der Waals surface area contributed by atoms with Gasteiger partial charge in [-0.15, -0.1) is 0 Å². The van der Waals surface area contributed by atoms with Crippen LogP contribution in [-0.4, -0.2) is 99.4 Å². The summed E-state index contributed by atoms with van der Waals surface area (Å²) < 4.78 is 17.4. The van der Waals surface area contributed by atoms with Crippen LogP contribution >= 0.6 is 0 Å². The third-order valence-corrected chi connectivity index (χ3v) is 12.4. The number of carbonyl (C=O) groups excluding carboxylic acids is 1. The minimum Gasteiger partial charge on any atom is -0.458 e. The molecule has 0 bridgehead atoms. The summed E-state index contributed by atoms with van der Waals surface area (Å²) in [5.74, 6) is -0.177. The second kappa shape index (κ2) is 11.2. The zero-order chi connectivity index (χ0) is 29.9. The van der Waals surface area contributed by atoms with Gasteiger partial charge in [0.1, 0.15) is 12.7 Å². The van der Waals surface area contributed by atoms with Crippen molar-refractivity contribution in [2.75, 3.05) is 19.8 Å². The standard InChI is InChI=1S/C32H49NO9/c1-19-28(37)25(35)15-27(41-19)42-21-4-9-30(18-33-12-3-13-34)23-5-8-29(2)22(20-14-26(36)40-17-20)7-11-32(29,39)24(23)6-10-31(30,38)16-21/h14,18-19,21-25,27-28,34-35,37-39H,3-13,15-17H2,1-2H3/t19-,21+,22-,23-,24+,25+,27+,28-,29+,30-,31-,32-/m0/s1. The Morgan fingerprint density at radius 2 is 1.88 bits per heavy atom. The van der Waals surface area contributed by atoms with E-state index in [1.165, 1.54) is 0 Å². The Balaban J connectivity index is 1.26. The van der Waals surface area contributed by atoms with Crippen molar-refractivity contribution < 1.29 is 44.5 Å². The molecule has 12 atom stereocenters. The normalized spacial score (nSPS) is 50.6. The Morgan fingerprint density at radius 1 is 1.10 bits per heavy atom. The molecule has 4 aliphatic carbocycles. The Hall–Kier alpha value is -1.40. The van der Waals surface area contributed by atoms with E-state index in [9.17, 15) is 30.3 Å². The zero-order valence-electron chi connectivity index (χ0n) is 25.0. The summed E-state index contributed by atoms with van der Waals surface area (Å²) in [5.41, 5.74) is -2.02. The van der Waals surface area contributed by atoms with Gasteiger partial charge in [-0.25, -0.2) is 4.79 Å². The molecule has 6 aliphatic rings. The molecule has 0 amide bonds. The molecule has 6 rings (SSSR count). The van der Waals surface area contributed by atoms with E-state index >= 15 is 0 Å². The summed E-state index contributed by atoms with van der Waals surface area (Å²) in [6.07, 6.45) is 7.02. The first-order chi connectivity index (χ1) is 20.0. The Labute approximate surface area is 248 Å². The Bertz CT molecular complexity index is 1090. The highest BCUT2D eigenvalue weighted by Gasteiger charge is 2.71. The van der Waals surface area contributed by atoms with Gasteiger partial charge in [0, 0.05) is 49.1 Å². The highest BCUT2D eigenvalue weighted by Crippen LogP contribution is 2.70. The van der Waals surface area contributed by atoms with Crippen molar-refractivity contribution in [3.05, 3.63) is 11.6 Å². The maximum absolute atomic E-state index is 12.6. The fourth-order valence-corrected chi connectivity index (χ4v) is 10.2. The quantitative estimate of drug-likeness (QED) is 0.129. The summed E-state index contributed by atoms with van der Waals surface area (Å²) in [4.78, 5) is 16.7. The molecule has 5 fully saturated rings. The summed E-state index contributed by atoms with van der Waals surface area (Å²) in [6, 6.07) is 0. The van der Waals surface area contributed by atoms with Gasteiger partial charge >= 0.3 is 5.97 Å². The number of aliphatic hydroxyl groups excluding tert-OH is 3. The molecule has 2 aliphatic heterocycles. The molecular weight excluding hydrogens is 542 g/mol. The van der Waals surface area contributed by atoms with Crippen LogP contribution in [-0.2, 0) is 19.0 Å². The van der Waals surface area contributed by atoms with Crippen molar-refractivity contribution in [1.82, 2.24) is 0 Å². The van der Waals surface area contributed by atoms with Gasteiger partial charge in [0.25, 0.3) is 0 Å². The van der Waals surface area contributed by atoms with E-state index in [4.69, 9.17) is 19.2 Å². The molecule has 10 heteroatoms. The number of ether oxygens (including phenoxy) is 3. The fraction of sp³-hybridized carbons (Fsp3) is 0.875. The summed E-state index contributed by atoms with van der Waals surface area (Å²) in [6.45, 7) is 4.75. The lowest BCUT2D eigenvalue weighted by molar-refractivity contribution is -0.282. The number of carbonyl (C=O) groups is 1. The number of rotatable bonds is 7. The van der Waals surface area contributed by atoms with Crippen molar-refractivity contribution >= 4 is 12.2 Å². The van der Waals surface area contributed by atoms with Crippen LogP contribution in [0.2, 0.25) is 0 Å². The Morgan fingerprint density at radius 3 is 2.60 bits per heavy atom. The van der Waals surface area contributed by atoms with E-state index in [1.54, 1.807) is 13.0 Å². The topological polar surface area (TPSA) is 158 Å². The monoisotopic (exact) mass is 591 g/mol. The number of fused-ring (bicyclic) bond motifs is 5. The molecule has 0 unspecified atom stereocenters. The van der Waals surface area contributed by atoms with Gasteiger partial charge in [-0.3, -0.25) is 4.99 Å². The largest absolute Gasteiger partial charge is 0.458 e. The van der Waals surface area contributed by atoms with Gasteiger partial charge in [0.15, 0.2) is 6.29 Å². The number of esters is 1. The van der Waals surface area contributed by atoms with Crippen molar-refractivity contribution in [2.45, 2.75) is 126 Å². The highest BCUT2D eigenvalue weighted by atomic mass is 16.7. The van der Waals surface area contributed by atoms with Crippen molar-refractivity contribution in [2.24, 2.45) is 33.6 Å². The minimum absolute atomic E-state index is 0.0129. The summed E-state index contributed by atoms with van der Waals surface area (Å²) in [7, 11) is 0. The van der Waals surface area contributed by atoms with Crippen molar-refractivity contribution in [1.29, 1.82) is 0 Å². The first-order valence-electron chi connectivity index (χ1n) is 16.1. The van der Waals surface area contributed by atoms with E-state index in [2.05, 4.69) is 6.92 Å². The van der Waals surface area contributed by atoms with E-state index in [-0.39, 0.29) is 48.3 Å². The first-order valence-corrected chi connectivity index (χ1v) is 16.1. The van der Waals surface area contributed by atoms with Gasteiger partial charge < -0.3 is 39.7 Å². The average molecular weight is 592 g/mol. The molecule has 0 aromatic heterocycles. The number of aliphatic imine (C=N–C) groups is 1. The maximum atomic E-state index is 12.6. The molecule has 10 nitrogen and oxygen atoms in total. The number of nitrogens with zero attached hydrogens (tertiary/aromatic N) is 1. The molecule has 0 radical (unpaired) electrons. The second-order valence-corrected chi connectivity index (χ2v) is 14.3. The summed E-state index contributed by atoms with van der Waals surface area (Å²) >= 11 is 0. The van der Waals surface area contributed by atoms with Crippen LogP contribution in [0.4, 0.5) is 0 Å². The summed E-state index contributed by atoms with van der Waals surface area (Å²) in [5, 5.41) is 54.8. The molecule has 2 heterocycles. The van der Waals surface area contributed by atoms with Crippen LogP contribution in [0.25, 0.3) is 0 Å². The Kier molecular flexibility index (Phi) is 8.16. The SMILES string of the molecule is C[C@@H]1O[C@H](O[C@@H]2CC[C@]3(C=NCCCO)[C@H]4CC[C@]5(C)[C@H](C6=CC(=O)OC6)CC[C@]5(O)[C@@H]4CC[C@]3(O)C2)C[C@@H](O)[C@H]1O. The van der Waals surface area contributed by atoms with Gasteiger partial charge in [-0.1, -0.05) is 6.92 Å². The molecule has 0 aromatic carbocycles.